The summed E-state index contributed by atoms with van der Waals surface area (Å²) in [6.45, 7) is 6.07. The minimum Gasteiger partial charge on any atom is -0.338 e. The fraction of sp³-hybridized carbons (Fsp3) is 0.259. The van der Waals surface area contributed by atoms with Crippen molar-refractivity contribution < 1.29 is 0 Å². The van der Waals surface area contributed by atoms with Gasteiger partial charge in [0.15, 0.2) is 0 Å². The average molecular weight is 422 g/mol. The van der Waals surface area contributed by atoms with Crippen LogP contribution in [0.2, 0.25) is 0 Å². The van der Waals surface area contributed by atoms with Crippen LogP contribution in [0, 0.1) is 11.3 Å². The molecule has 32 heavy (non-hydrogen) atoms. The Morgan fingerprint density at radius 1 is 0.812 bits per heavy atom. The van der Waals surface area contributed by atoms with Crippen LogP contribution in [0.3, 0.4) is 0 Å². The molecule has 0 bridgehead atoms. The summed E-state index contributed by atoms with van der Waals surface area (Å²) < 4.78 is 0. The first-order chi connectivity index (χ1) is 15.8. The van der Waals surface area contributed by atoms with Crippen molar-refractivity contribution in [3.05, 3.63) is 78.4 Å². The van der Waals surface area contributed by atoms with Crippen LogP contribution in [0.25, 0.3) is 33.5 Å². The van der Waals surface area contributed by atoms with Crippen LogP contribution >= 0.6 is 0 Å². The van der Waals surface area contributed by atoms with Crippen molar-refractivity contribution in [1.29, 1.82) is 5.26 Å². The molecule has 0 atom stereocenters. The molecule has 0 saturated carbocycles. The van der Waals surface area contributed by atoms with Gasteiger partial charge in [0.2, 0.25) is 0 Å². The van der Waals surface area contributed by atoms with Gasteiger partial charge < -0.3 is 4.98 Å². The summed E-state index contributed by atoms with van der Waals surface area (Å²) in [7, 11) is 0. The second-order valence-electron chi connectivity index (χ2n) is 8.41. The summed E-state index contributed by atoms with van der Waals surface area (Å²) in [6, 6.07) is 27.8. The largest absolute Gasteiger partial charge is 0.338 e. The molecule has 2 heterocycles. The molecule has 160 valence electrons. The number of para-hydroxylation sites is 2. The Morgan fingerprint density at radius 3 is 2.34 bits per heavy atom. The molecule has 1 aliphatic rings. The van der Waals surface area contributed by atoms with Gasteiger partial charge in [0.1, 0.15) is 5.82 Å². The van der Waals surface area contributed by atoms with Gasteiger partial charge in [-0.15, -0.1) is 0 Å². The van der Waals surface area contributed by atoms with Gasteiger partial charge in [-0.1, -0.05) is 54.6 Å². The van der Waals surface area contributed by atoms with Crippen molar-refractivity contribution in [3.8, 4) is 28.6 Å². The summed E-state index contributed by atoms with van der Waals surface area (Å²) >= 11 is 0. The van der Waals surface area contributed by atoms with Crippen molar-refractivity contribution >= 4 is 11.0 Å². The predicted molar refractivity (Wildman–Crippen MR) is 129 cm³/mol. The van der Waals surface area contributed by atoms with Crippen LogP contribution in [0.5, 0.6) is 0 Å². The first kappa shape index (κ1) is 20.4. The number of nitrogens with one attached hydrogen (secondary N) is 1. The molecule has 5 nitrogen and oxygen atoms in total. The zero-order valence-electron chi connectivity index (χ0n) is 18.2. The molecular formula is C27H27N5. The van der Waals surface area contributed by atoms with E-state index >= 15 is 0 Å². The van der Waals surface area contributed by atoms with Gasteiger partial charge in [0.25, 0.3) is 0 Å². The number of benzene rings is 3. The zero-order chi connectivity index (χ0) is 21.8. The number of hydrogen-bond donors (Lipinski definition) is 1. The standard InChI is InChI=1S/C27H27N5/c28-13-4-14-31-15-17-32(18-16-31)20-21-5-3-6-24(19-21)22-9-11-23(12-10-22)27-29-25-7-1-2-8-26(25)30-27/h1-3,5-12,19H,4,14-18,20H2,(H,29,30). The molecule has 0 unspecified atom stereocenters. The molecule has 1 aromatic heterocycles. The van der Waals surface area contributed by atoms with Gasteiger partial charge in [-0.25, -0.2) is 4.98 Å². The lowest BCUT2D eigenvalue weighted by Gasteiger charge is -2.34. The highest BCUT2D eigenvalue weighted by atomic mass is 15.3. The Hall–Kier alpha value is -3.46. The van der Waals surface area contributed by atoms with Crippen molar-refractivity contribution in [3.63, 3.8) is 0 Å². The molecule has 1 saturated heterocycles. The summed E-state index contributed by atoms with van der Waals surface area (Å²) in [4.78, 5) is 13.0. The molecule has 0 spiro atoms. The lowest BCUT2D eigenvalue weighted by molar-refractivity contribution is 0.129. The number of fused-ring (bicyclic) bond motifs is 1. The topological polar surface area (TPSA) is 59.0 Å². The number of piperazine rings is 1. The number of rotatable bonds is 6. The molecule has 1 fully saturated rings. The van der Waals surface area contributed by atoms with Gasteiger partial charge in [-0.05, 0) is 34.9 Å². The monoisotopic (exact) mass is 421 g/mol. The van der Waals surface area contributed by atoms with Crippen molar-refractivity contribution in [2.75, 3.05) is 32.7 Å². The average Bonchev–Trinajstić information content (AvgIpc) is 3.28. The number of imidazole rings is 1. The van der Waals surface area contributed by atoms with Crippen LogP contribution in [-0.2, 0) is 6.54 Å². The minimum atomic E-state index is 0.622. The van der Waals surface area contributed by atoms with E-state index in [-0.39, 0.29) is 0 Å². The summed E-state index contributed by atoms with van der Waals surface area (Å²) in [6.07, 6.45) is 0.622. The van der Waals surface area contributed by atoms with E-state index in [2.05, 4.69) is 75.5 Å². The molecule has 5 rings (SSSR count). The summed E-state index contributed by atoms with van der Waals surface area (Å²) in [5, 5.41) is 8.78. The second-order valence-corrected chi connectivity index (χ2v) is 8.41. The van der Waals surface area contributed by atoms with Gasteiger partial charge in [-0.3, -0.25) is 9.80 Å². The van der Waals surface area contributed by atoms with Crippen LogP contribution in [0.4, 0.5) is 0 Å². The highest BCUT2D eigenvalue weighted by Gasteiger charge is 2.16. The predicted octanol–water partition coefficient (Wildman–Crippen LogP) is 4.93. The number of aromatic nitrogens is 2. The van der Waals surface area contributed by atoms with E-state index in [1.54, 1.807) is 0 Å². The highest BCUT2D eigenvalue weighted by molar-refractivity contribution is 5.79. The fourth-order valence-corrected chi connectivity index (χ4v) is 4.40. The Kier molecular flexibility index (Phi) is 5.98. The fourth-order valence-electron chi connectivity index (χ4n) is 4.40. The minimum absolute atomic E-state index is 0.622. The third-order valence-corrected chi connectivity index (χ3v) is 6.22. The van der Waals surface area contributed by atoms with Crippen molar-refractivity contribution in [2.24, 2.45) is 0 Å². The van der Waals surface area contributed by atoms with Gasteiger partial charge in [-0.2, -0.15) is 5.26 Å². The van der Waals surface area contributed by atoms with Crippen LogP contribution in [0.1, 0.15) is 12.0 Å². The molecule has 1 aliphatic heterocycles. The normalized spacial score (nSPS) is 15.1. The van der Waals surface area contributed by atoms with Crippen LogP contribution in [-0.4, -0.2) is 52.5 Å². The summed E-state index contributed by atoms with van der Waals surface area (Å²) in [5.74, 6) is 0.903. The van der Waals surface area contributed by atoms with E-state index < -0.39 is 0 Å². The quantitative estimate of drug-likeness (QED) is 0.480. The van der Waals surface area contributed by atoms with Crippen molar-refractivity contribution in [1.82, 2.24) is 19.8 Å². The number of aromatic amines is 1. The Labute approximate surface area is 188 Å². The maximum absolute atomic E-state index is 8.78. The van der Waals surface area contributed by atoms with E-state index in [4.69, 9.17) is 10.2 Å². The lowest BCUT2D eigenvalue weighted by Crippen LogP contribution is -2.46. The molecular weight excluding hydrogens is 394 g/mol. The number of hydrogen-bond acceptors (Lipinski definition) is 4. The van der Waals surface area contributed by atoms with Crippen LogP contribution < -0.4 is 0 Å². The Morgan fingerprint density at radius 2 is 1.56 bits per heavy atom. The lowest BCUT2D eigenvalue weighted by atomic mass is 10.0. The van der Waals surface area contributed by atoms with Crippen molar-refractivity contribution in [2.45, 2.75) is 13.0 Å². The number of nitriles is 1. The van der Waals surface area contributed by atoms with E-state index in [9.17, 15) is 0 Å². The third-order valence-electron chi connectivity index (χ3n) is 6.22. The smallest absolute Gasteiger partial charge is 0.138 e. The molecule has 0 amide bonds. The summed E-state index contributed by atoms with van der Waals surface area (Å²) in [5.41, 5.74) is 6.94. The van der Waals surface area contributed by atoms with E-state index in [1.165, 1.54) is 16.7 Å². The van der Waals surface area contributed by atoms with Crippen LogP contribution in [0.15, 0.2) is 72.8 Å². The third kappa shape index (κ3) is 4.57. The van der Waals surface area contributed by atoms with E-state index in [0.717, 1.165) is 61.7 Å². The molecule has 0 aliphatic carbocycles. The SMILES string of the molecule is N#CCCN1CCN(Cc2cccc(-c3ccc(-c4nc5ccccc5[nH]4)cc3)c2)CC1. The first-order valence-electron chi connectivity index (χ1n) is 11.2. The number of H-pyrrole nitrogens is 1. The molecule has 4 aromatic rings. The first-order valence-corrected chi connectivity index (χ1v) is 11.2. The Bertz CT molecular complexity index is 1190. The molecule has 0 radical (unpaired) electrons. The van der Waals surface area contributed by atoms with E-state index in [1.807, 2.05) is 18.2 Å². The van der Waals surface area contributed by atoms with Gasteiger partial charge in [0, 0.05) is 51.3 Å². The number of nitrogens with zero attached hydrogens (tertiary/aromatic N) is 4. The molecule has 1 N–H and O–H groups in total. The second kappa shape index (κ2) is 9.35. The van der Waals surface area contributed by atoms with Gasteiger partial charge in [0.05, 0.1) is 17.1 Å². The molecule has 5 heteroatoms. The highest BCUT2D eigenvalue weighted by Crippen LogP contribution is 2.26. The zero-order valence-corrected chi connectivity index (χ0v) is 18.2. The van der Waals surface area contributed by atoms with E-state index in [0.29, 0.717) is 6.42 Å². The maximum atomic E-state index is 8.78. The van der Waals surface area contributed by atoms with Gasteiger partial charge >= 0.3 is 0 Å². The Balaban J connectivity index is 1.26. The molecule has 3 aromatic carbocycles. The maximum Gasteiger partial charge on any atom is 0.138 e.